The molecule has 2 saturated heterocycles. The van der Waals surface area contributed by atoms with Gasteiger partial charge in [-0.1, -0.05) is 6.42 Å². The predicted octanol–water partition coefficient (Wildman–Crippen LogP) is 1.22. The maximum atomic E-state index is 12.6. The van der Waals surface area contributed by atoms with Crippen LogP contribution < -0.4 is 15.5 Å². The van der Waals surface area contributed by atoms with E-state index >= 15 is 0 Å². The Morgan fingerprint density at radius 3 is 2.39 bits per heavy atom. The summed E-state index contributed by atoms with van der Waals surface area (Å²) in [5, 5.41) is 6.29. The average molecular weight is 386 g/mol. The molecular formula is C20H31N7O. The zero-order valence-electron chi connectivity index (χ0n) is 16.5. The maximum Gasteiger partial charge on any atom is 0.322 e. The monoisotopic (exact) mass is 385 g/mol. The maximum absolute atomic E-state index is 12.6. The summed E-state index contributed by atoms with van der Waals surface area (Å²) < 4.78 is 0. The van der Waals surface area contributed by atoms with Gasteiger partial charge in [0.15, 0.2) is 0 Å². The molecule has 2 amide bonds. The van der Waals surface area contributed by atoms with E-state index in [0.29, 0.717) is 5.69 Å². The molecule has 5 rings (SSSR count). The molecule has 1 aromatic heterocycles. The van der Waals surface area contributed by atoms with Crippen molar-refractivity contribution in [3.63, 3.8) is 0 Å². The molecule has 1 aromatic rings. The minimum atomic E-state index is -0.0360. The lowest BCUT2D eigenvalue weighted by molar-refractivity contribution is 0.0860. The quantitative estimate of drug-likeness (QED) is 0.815. The Kier molecular flexibility index (Phi) is 5.07. The van der Waals surface area contributed by atoms with Crippen molar-refractivity contribution in [1.29, 1.82) is 0 Å². The molecule has 3 atom stereocenters. The molecule has 152 valence electrons. The van der Waals surface area contributed by atoms with E-state index in [1.165, 1.54) is 25.7 Å². The molecule has 3 unspecified atom stereocenters. The lowest BCUT2D eigenvalue weighted by Crippen LogP contribution is -2.54. The van der Waals surface area contributed by atoms with E-state index in [2.05, 4.69) is 30.4 Å². The molecule has 2 bridgehead atoms. The summed E-state index contributed by atoms with van der Waals surface area (Å²) >= 11 is 0. The summed E-state index contributed by atoms with van der Waals surface area (Å²) in [7, 11) is 0. The lowest BCUT2D eigenvalue weighted by Gasteiger charge is -2.40. The molecule has 0 aromatic carbocycles. The zero-order chi connectivity index (χ0) is 18.9. The zero-order valence-corrected chi connectivity index (χ0v) is 16.5. The Hall–Kier alpha value is -1.93. The topological polar surface area (TPSA) is 76.6 Å². The molecule has 28 heavy (non-hydrogen) atoms. The van der Waals surface area contributed by atoms with Gasteiger partial charge in [-0.2, -0.15) is 0 Å². The highest BCUT2D eigenvalue weighted by atomic mass is 16.2. The van der Waals surface area contributed by atoms with Crippen LogP contribution in [0.1, 0.15) is 25.7 Å². The van der Waals surface area contributed by atoms with Crippen molar-refractivity contribution in [2.75, 3.05) is 62.6 Å². The number of carbonyl (C=O) groups excluding carboxylic acids is 1. The first-order chi connectivity index (χ1) is 13.8. The van der Waals surface area contributed by atoms with Crippen molar-refractivity contribution in [3.8, 4) is 0 Å². The van der Waals surface area contributed by atoms with Crippen molar-refractivity contribution in [2.45, 2.75) is 31.7 Å². The number of carbonyl (C=O) groups is 1. The fourth-order valence-corrected chi connectivity index (χ4v) is 5.53. The summed E-state index contributed by atoms with van der Waals surface area (Å²) in [6.45, 7) is 7.35. The standard InChI is InChI=1S/C20H31N7O/c28-20(24-17-13-22-19(23-14-17)26-5-3-21-4-6-26)27-9-7-25(8-10-27)18-12-15-1-2-16(18)11-15/h13-16,18,21H,1-12H2,(H,24,28). The summed E-state index contributed by atoms with van der Waals surface area (Å²) in [4.78, 5) is 28.2. The number of hydrogen-bond donors (Lipinski definition) is 2. The normalized spacial score (nSPS) is 30.6. The second-order valence-electron chi connectivity index (χ2n) is 8.70. The number of nitrogens with zero attached hydrogens (tertiary/aromatic N) is 5. The van der Waals surface area contributed by atoms with E-state index in [-0.39, 0.29) is 6.03 Å². The summed E-state index contributed by atoms with van der Waals surface area (Å²) in [6.07, 6.45) is 9.11. The number of piperazine rings is 2. The first-order valence-electron chi connectivity index (χ1n) is 10.8. The van der Waals surface area contributed by atoms with Gasteiger partial charge in [0.2, 0.25) is 5.95 Å². The van der Waals surface area contributed by atoms with Gasteiger partial charge in [0.05, 0.1) is 18.1 Å². The van der Waals surface area contributed by atoms with Crippen LogP contribution in [0.25, 0.3) is 0 Å². The summed E-state index contributed by atoms with van der Waals surface area (Å²) in [5.41, 5.74) is 0.666. The van der Waals surface area contributed by atoms with Crippen molar-refractivity contribution in [2.24, 2.45) is 11.8 Å². The second kappa shape index (κ2) is 7.83. The number of amides is 2. The molecular weight excluding hydrogens is 354 g/mol. The Bertz CT molecular complexity index is 682. The van der Waals surface area contributed by atoms with E-state index in [4.69, 9.17) is 0 Å². The van der Waals surface area contributed by atoms with Crippen LogP contribution in [-0.4, -0.2) is 84.2 Å². The van der Waals surface area contributed by atoms with E-state index in [0.717, 1.165) is 76.2 Å². The minimum Gasteiger partial charge on any atom is -0.338 e. The number of urea groups is 1. The molecule has 4 aliphatic rings. The SMILES string of the molecule is O=C(Nc1cnc(N2CCNCC2)nc1)N1CCN(C2CC3CCC2C3)CC1. The highest BCUT2D eigenvalue weighted by Crippen LogP contribution is 2.46. The highest BCUT2D eigenvalue weighted by Gasteiger charge is 2.42. The summed E-state index contributed by atoms with van der Waals surface area (Å²) in [6, 6.07) is 0.737. The fraction of sp³-hybridized carbons (Fsp3) is 0.750. The Labute approximate surface area is 166 Å². The molecule has 8 nitrogen and oxygen atoms in total. The number of hydrogen-bond acceptors (Lipinski definition) is 6. The van der Waals surface area contributed by atoms with Gasteiger partial charge >= 0.3 is 6.03 Å². The van der Waals surface area contributed by atoms with Crippen LogP contribution in [0, 0.1) is 11.8 Å². The van der Waals surface area contributed by atoms with E-state index in [9.17, 15) is 4.79 Å². The largest absolute Gasteiger partial charge is 0.338 e. The smallest absolute Gasteiger partial charge is 0.322 e. The third kappa shape index (κ3) is 3.67. The Morgan fingerprint density at radius 2 is 1.75 bits per heavy atom. The van der Waals surface area contributed by atoms with Gasteiger partial charge in [-0.05, 0) is 31.1 Å². The van der Waals surface area contributed by atoms with Crippen LogP contribution in [0.5, 0.6) is 0 Å². The molecule has 3 heterocycles. The van der Waals surface area contributed by atoms with Crippen LogP contribution in [0.2, 0.25) is 0 Å². The van der Waals surface area contributed by atoms with Crippen LogP contribution in [0.3, 0.4) is 0 Å². The van der Waals surface area contributed by atoms with Gasteiger partial charge in [-0.3, -0.25) is 4.90 Å². The molecule has 8 heteroatoms. The number of fused-ring (bicyclic) bond motifs is 2. The first kappa shape index (κ1) is 18.1. The molecule has 2 aliphatic carbocycles. The Morgan fingerprint density at radius 1 is 1.00 bits per heavy atom. The average Bonchev–Trinajstić information content (AvgIpc) is 3.39. The van der Waals surface area contributed by atoms with Crippen molar-refractivity contribution >= 4 is 17.7 Å². The van der Waals surface area contributed by atoms with Crippen LogP contribution in [-0.2, 0) is 0 Å². The first-order valence-corrected chi connectivity index (χ1v) is 10.8. The number of anilines is 2. The number of nitrogens with one attached hydrogen (secondary N) is 2. The van der Waals surface area contributed by atoms with Crippen LogP contribution in [0.15, 0.2) is 12.4 Å². The lowest BCUT2D eigenvalue weighted by atomic mass is 9.93. The van der Waals surface area contributed by atoms with Gasteiger partial charge in [0, 0.05) is 58.4 Å². The number of rotatable bonds is 3. The third-order valence-electron chi connectivity index (χ3n) is 7.06. The minimum absolute atomic E-state index is 0.0360. The molecule has 2 aliphatic heterocycles. The molecule has 4 fully saturated rings. The van der Waals surface area contributed by atoms with Crippen molar-refractivity contribution < 1.29 is 4.79 Å². The van der Waals surface area contributed by atoms with E-state index in [1.54, 1.807) is 12.4 Å². The van der Waals surface area contributed by atoms with Gasteiger partial charge < -0.3 is 20.4 Å². The third-order valence-corrected chi connectivity index (χ3v) is 7.06. The van der Waals surface area contributed by atoms with E-state index in [1.807, 2.05) is 4.90 Å². The molecule has 2 N–H and O–H groups in total. The second-order valence-corrected chi connectivity index (χ2v) is 8.70. The summed E-state index contributed by atoms with van der Waals surface area (Å²) in [5.74, 6) is 2.62. The molecule has 0 spiro atoms. The van der Waals surface area contributed by atoms with Gasteiger partial charge in [0.1, 0.15) is 0 Å². The van der Waals surface area contributed by atoms with Gasteiger partial charge in [-0.25, -0.2) is 14.8 Å². The fourth-order valence-electron chi connectivity index (χ4n) is 5.53. The Balaban J connectivity index is 1.11. The molecule has 0 radical (unpaired) electrons. The van der Waals surface area contributed by atoms with E-state index < -0.39 is 0 Å². The van der Waals surface area contributed by atoms with Crippen LogP contribution >= 0.6 is 0 Å². The van der Waals surface area contributed by atoms with Crippen molar-refractivity contribution in [3.05, 3.63) is 12.4 Å². The predicted molar refractivity (Wildman–Crippen MR) is 109 cm³/mol. The number of aromatic nitrogens is 2. The van der Waals surface area contributed by atoms with Gasteiger partial charge in [-0.15, -0.1) is 0 Å². The highest BCUT2D eigenvalue weighted by molar-refractivity contribution is 5.89. The van der Waals surface area contributed by atoms with Gasteiger partial charge in [0.25, 0.3) is 0 Å². The molecule has 2 saturated carbocycles. The van der Waals surface area contributed by atoms with Crippen molar-refractivity contribution in [1.82, 2.24) is 25.1 Å². The van der Waals surface area contributed by atoms with Crippen LogP contribution in [0.4, 0.5) is 16.4 Å².